The fraction of sp³-hybridized carbons (Fsp3) is 0.364. The Hall–Kier alpha value is -2.32. The quantitative estimate of drug-likeness (QED) is 0.198. The summed E-state index contributed by atoms with van der Waals surface area (Å²) in [5.74, 6) is 0.00842. The molecule has 1 fully saturated rings. The number of amides is 1. The monoisotopic (exact) mass is 519 g/mol. The molecule has 0 spiro atoms. The number of hydrogen-bond acceptors (Lipinski definition) is 7. The van der Waals surface area contributed by atoms with Gasteiger partial charge in [-0.15, -0.1) is 0 Å². The maximum atomic E-state index is 12.9. The van der Waals surface area contributed by atoms with Gasteiger partial charge in [-0.3, -0.25) is 9.00 Å². The van der Waals surface area contributed by atoms with Crippen molar-refractivity contribution in [3.05, 3.63) is 58.2 Å². The van der Waals surface area contributed by atoms with Crippen LogP contribution in [0.5, 0.6) is 0 Å². The highest BCUT2D eigenvalue weighted by molar-refractivity contribution is 7.76. The first-order valence-corrected chi connectivity index (χ1v) is 12.5. The first-order valence-electron chi connectivity index (χ1n) is 11.1. The molecule has 1 aromatic carbocycles. The maximum Gasteiger partial charge on any atom is 0.479 e. The van der Waals surface area contributed by atoms with Crippen LogP contribution in [0.1, 0.15) is 40.2 Å². The van der Waals surface area contributed by atoms with E-state index < -0.39 is 18.4 Å². The molecular formula is C22H25BClN4O6S-. The van der Waals surface area contributed by atoms with E-state index in [0.29, 0.717) is 21.8 Å². The second kappa shape index (κ2) is 11.2. The van der Waals surface area contributed by atoms with E-state index in [1.165, 1.54) is 4.31 Å². The third-order valence-electron chi connectivity index (χ3n) is 5.79. The number of aromatic nitrogens is 2. The molecule has 186 valence electrons. The summed E-state index contributed by atoms with van der Waals surface area (Å²) in [7, 11) is -0.0540. The molecule has 1 aliphatic rings. The van der Waals surface area contributed by atoms with Crippen molar-refractivity contribution in [3.63, 3.8) is 0 Å². The fourth-order valence-corrected chi connectivity index (χ4v) is 4.56. The molecule has 1 amide bonds. The van der Waals surface area contributed by atoms with Gasteiger partial charge < -0.3 is 24.7 Å². The first kappa shape index (κ1) is 25.8. The second-order valence-corrected chi connectivity index (χ2v) is 9.69. The summed E-state index contributed by atoms with van der Waals surface area (Å²) in [5, 5.41) is 25.7. The number of carbonyl (C=O) groups excluding carboxylic acids is 1. The van der Waals surface area contributed by atoms with E-state index in [0.717, 1.165) is 29.5 Å². The summed E-state index contributed by atoms with van der Waals surface area (Å²) in [4.78, 5) is 12.9. The summed E-state index contributed by atoms with van der Waals surface area (Å²) >= 11 is 3.51. The van der Waals surface area contributed by atoms with Gasteiger partial charge in [0.2, 0.25) is 0 Å². The van der Waals surface area contributed by atoms with Crippen molar-refractivity contribution in [2.24, 2.45) is 0 Å². The molecule has 0 radical (unpaired) electrons. The van der Waals surface area contributed by atoms with E-state index in [1.807, 2.05) is 6.07 Å². The minimum atomic E-state index is -2.52. The van der Waals surface area contributed by atoms with E-state index in [9.17, 15) is 13.6 Å². The van der Waals surface area contributed by atoms with Crippen LogP contribution in [0.25, 0.3) is 16.8 Å². The maximum absolute atomic E-state index is 12.9. The van der Waals surface area contributed by atoms with E-state index in [4.69, 9.17) is 26.4 Å². The largest absolute Gasteiger partial charge is 0.760 e. The van der Waals surface area contributed by atoms with Crippen LogP contribution < -0.4 is 5.32 Å². The van der Waals surface area contributed by atoms with Crippen molar-refractivity contribution in [1.29, 1.82) is 0 Å². The van der Waals surface area contributed by atoms with Gasteiger partial charge in [-0.2, -0.15) is 5.10 Å². The number of pyridine rings is 1. The lowest BCUT2D eigenvalue weighted by Gasteiger charge is -2.25. The Morgan fingerprint density at radius 3 is 2.69 bits per heavy atom. The molecule has 0 aliphatic heterocycles. The number of ether oxygens (including phenoxy) is 1. The molecule has 3 N–H and O–H groups in total. The Morgan fingerprint density at radius 1 is 1.37 bits per heavy atom. The summed E-state index contributed by atoms with van der Waals surface area (Å²) in [6.07, 6.45) is 3.73. The number of carbonyl (C=O) groups is 1. The molecular weight excluding hydrogens is 495 g/mol. The number of fused-ring (bicyclic) bond motifs is 1. The highest BCUT2D eigenvalue weighted by Crippen LogP contribution is 2.43. The predicted molar refractivity (Wildman–Crippen MR) is 131 cm³/mol. The molecule has 10 nitrogen and oxygen atoms in total. The van der Waals surface area contributed by atoms with Gasteiger partial charge >= 0.3 is 7.12 Å². The van der Waals surface area contributed by atoms with Crippen LogP contribution in [0.4, 0.5) is 0 Å². The number of hydrogen-bond donors (Lipinski definition) is 3. The lowest BCUT2D eigenvalue weighted by Crippen LogP contribution is -2.31. The van der Waals surface area contributed by atoms with E-state index in [-0.39, 0.29) is 38.0 Å². The molecule has 1 atom stereocenters. The zero-order valence-electron chi connectivity index (χ0n) is 19.0. The normalized spacial score (nSPS) is 14.5. The van der Waals surface area contributed by atoms with Crippen LogP contribution in [0, 0.1) is 0 Å². The van der Waals surface area contributed by atoms with Crippen molar-refractivity contribution < 1.29 is 28.3 Å². The summed E-state index contributed by atoms with van der Waals surface area (Å²) < 4.78 is 31.7. The average molecular weight is 520 g/mol. The van der Waals surface area contributed by atoms with Gasteiger partial charge in [-0.05, 0) is 48.1 Å². The van der Waals surface area contributed by atoms with Crippen LogP contribution in [0.15, 0.2) is 36.5 Å². The minimum absolute atomic E-state index is 0.00983. The van der Waals surface area contributed by atoms with Crippen LogP contribution >= 0.6 is 11.6 Å². The molecule has 1 saturated carbocycles. The SMILES string of the molecule is CNC(=O)c1c(-c2ccc(Cl)cc2)nn2cc(CN(CCOCB(O)O)S(=O)[O-])c(C3CC3)cc12. The number of benzene rings is 1. The highest BCUT2D eigenvalue weighted by Gasteiger charge is 2.29. The fourth-order valence-electron chi connectivity index (χ4n) is 3.96. The first-order chi connectivity index (χ1) is 16.8. The Labute approximate surface area is 210 Å². The Kier molecular flexibility index (Phi) is 8.22. The van der Waals surface area contributed by atoms with Gasteiger partial charge in [-0.25, -0.2) is 8.82 Å². The zero-order chi connectivity index (χ0) is 25.1. The van der Waals surface area contributed by atoms with Gasteiger partial charge in [-0.1, -0.05) is 23.7 Å². The van der Waals surface area contributed by atoms with E-state index >= 15 is 0 Å². The zero-order valence-corrected chi connectivity index (χ0v) is 20.6. The Morgan fingerprint density at radius 2 is 2.09 bits per heavy atom. The average Bonchev–Trinajstić information content (AvgIpc) is 3.60. The number of rotatable bonds is 11. The summed E-state index contributed by atoms with van der Waals surface area (Å²) in [6.45, 7) is -0.157. The van der Waals surface area contributed by atoms with Crippen molar-refractivity contribution in [1.82, 2.24) is 19.2 Å². The number of halogens is 1. The Balaban J connectivity index is 1.73. The number of nitrogens with zero attached hydrogens (tertiary/aromatic N) is 3. The third kappa shape index (κ3) is 6.09. The van der Waals surface area contributed by atoms with Gasteiger partial charge in [0.1, 0.15) is 5.69 Å². The predicted octanol–water partition coefficient (Wildman–Crippen LogP) is 1.52. The molecule has 1 unspecified atom stereocenters. The lowest BCUT2D eigenvalue weighted by atomic mass is 9.95. The van der Waals surface area contributed by atoms with Crippen molar-refractivity contribution in [3.8, 4) is 11.3 Å². The van der Waals surface area contributed by atoms with E-state index in [1.54, 1.807) is 42.0 Å². The molecule has 3 aromatic rings. The van der Waals surface area contributed by atoms with Gasteiger partial charge in [0.25, 0.3) is 5.91 Å². The molecule has 4 rings (SSSR count). The van der Waals surface area contributed by atoms with Crippen molar-refractivity contribution in [2.45, 2.75) is 25.3 Å². The van der Waals surface area contributed by atoms with Gasteiger partial charge in [0, 0.05) is 48.2 Å². The molecule has 0 bridgehead atoms. The van der Waals surface area contributed by atoms with Crippen LogP contribution in [-0.4, -0.2) is 72.5 Å². The number of nitrogens with one attached hydrogen (secondary N) is 1. The molecule has 1 aliphatic carbocycles. The molecule has 35 heavy (non-hydrogen) atoms. The second-order valence-electron chi connectivity index (χ2n) is 8.30. The van der Waals surface area contributed by atoms with Crippen molar-refractivity contribution in [2.75, 3.05) is 26.7 Å². The van der Waals surface area contributed by atoms with Crippen LogP contribution in [0.2, 0.25) is 5.02 Å². The molecule has 0 saturated heterocycles. The summed E-state index contributed by atoms with van der Waals surface area (Å²) in [6, 6.07) is 8.98. The standard InChI is InChI=1S/C22H26BClN4O6S/c1-25-22(29)20-19-10-18(14-2-3-14)16(11-27(35(32)33)8-9-34-13-23(30)31)12-28(19)26-21(20)15-4-6-17(24)7-5-15/h4-7,10,12,14,30-31H,2-3,8-9,11,13H2,1H3,(H,25,29)(H,32,33)/p-1. The van der Waals surface area contributed by atoms with Gasteiger partial charge in [0.05, 0.1) is 24.2 Å². The molecule has 2 aromatic heterocycles. The summed E-state index contributed by atoms with van der Waals surface area (Å²) in [5.41, 5.74) is 4.06. The van der Waals surface area contributed by atoms with Crippen molar-refractivity contribution >= 4 is 41.4 Å². The topological polar surface area (TPSA) is 139 Å². The van der Waals surface area contributed by atoms with E-state index in [2.05, 4.69) is 10.4 Å². The van der Waals surface area contributed by atoms with Crippen LogP contribution in [-0.2, 0) is 22.5 Å². The third-order valence-corrected chi connectivity index (χ3v) is 6.77. The highest BCUT2D eigenvalue weighted by atomic mass is 35.5. The molecule has 2 heterocycles. The van der Waals surface area contributed by atoms with Gasteiger partial charge in [0.15, 0.2) is 0 Å². The van der Waals surface area contributed by atoms with Crippen LogP contribution in [0.3, 0.4) is 0 Å². The smallest absolute Gasteiger partial charge is 0.479 e. The molecule has 13 heteroatoms. The minimum Gasteiger partial charge on any atom is -0.760 e. The Bertz CT molecular complexity index is 1230. The lowest BCUT2D eigenvalue weighted by molar-refractivity contribution is 0.0965.